The SMILES string of the molecule is Cc1cc(C)c2oc(N3CCN(CCCCN)CC3)nc2c1. The molecular weight excluding hydrogens is 276 g/mol. The lowest BCUT2D eigenvalue weighted by Crippen LogP contribution is -2.46. The fraction of sp³-hybridized carbons (Fsp3) is 0.588. The van der Waals surface area contributed by atoms with Crippen molar-refractivity contribution in [1.82, 2.24) is 9.88 Å². The number of anilines is 1. The Morgan fingerprint density at radius 1 is 1.14 bits per heavy atom. The molecule has 22 heavy (non-hydrogen) atoms. The second-order valence-electron chi connectivity index (χ2n) is 6.25. The third-order valence-corrected chi connectivity index (χ3v) is 4.38. The van der Waals surface area contributed by atoms with Gasteiger partial charge in [-0.05, 0) is 57.0 Å². The zero-order valence-electron chi connectivity index (χ0n) is 13.6. The summed E-state index contributed by atoms with van der Waals surface area (Å²) in [4.78, 5) is 9.45. The summed E-state index contributed by atoms with van der Waals surface area (Å²) >= 11 is 0. The topological polar surface area (TPSA) is 58.5 Å². The maximum atomic E-state index is 6.01. The Morgan fingerprint density at radius 3 is 2.64 bits per heavy atom. The summed E-state index contributed by atoms with van der Waals surface area (Å²) in [7, 11) is 0. The van der Waals surface area contributed by atoms with Gasteiger partial charge in [-0.2, -0.15) is 4.98 Å². The van der Waals surface area contributed by atoms with Crippen LogP contribution >= 0.6 is 0 Å². The molecular formula is C17H26N4O. The smallest absolute Gasteiger partial charge is 0.298 e. The van der Waals surface area contributed by atoms with Gasteiger partial charge in [0.05, 0.1) is 0 Å². The van der Waals surface area contributed by atoms with E-state index in [-0.39, 0.29) is 0 Å². The van der Waals surface area contributed by atoms with E-state index in [0.717, 1.165) is 68.4 Å². The van der Waals surface area contributed by atoms with Gasteiger partial charge in [-0.3, -0.25) is 4.90 Å². The molecule has 2 N–H and O–H groups in total. The van der Waals surface area contributed by atoms with Gasteiger partial charge in [0, 0.05) is 26.2 Å². The number of nitrogens with two attached hydrogens (primary N) is 1. The van der Waals surface area contributed by atoms with E-state index in [2.05, 4.69) is 40.8 Å². The van der Waals surface area contributed by atoms with Crippen molar-refractivity contribution in [2.24, 2.45) is 5.73 Å². The monoisotopic (exact) mass is 302 g/mol. The van der Waals surface area contributed by atoms with E-state index in [0.29, 0.717) is 0 Å². The van der Waals surface area contributed by atoms with Crippen LogP contribution in [0.25, 0.3) is 11.1 Å². The molecule has 2 aromatic rings. The molecule has 0 amide bonds. The van der Waals surface area contributed by atoms with Gasteiger partial charge in [0.15, 0.2) is 5.58 Å². The third-order valence-electron chi connectivity index (χ3n) is 4.38. The van der Waals surface area contributed by atoms with Gasteiger partial charge >= 0.3 is 0 Å². The second-order valence-corrected chi connectivity index (χ2v) is 6.25. The summed E-state index contributed by atoms with van der Waals surface area (Å²) in [5, 5.41) is 0. The van der Waals surface area contributed by atoms with Crippen molar-refractivity contribution in [2.45, 2.75) is 26.7 Å². The van der Waals surface area contributed by atoms with E-state index < -0.39 is 0 Å². The number of benzene rings is 1. The minimum absolute atomic E-state index is 0.769. The Labute approximate surface area is 132 Å². The van der Waals surface area contributed by atoms with E-state index in [1.165, 1.54) is 12.0 Å². The van der Waals surface area contributed by atoms with Crippen LogP contribution in [0.2, 0.25) is 0 Å². The quantitative estimate of drug-likeness (QED) is 0.859. The lowest BCUT2D eigenvalue weighted by atomic mass is 10.1. The first-order valence-electron chi connectivity index (χ1n) is 8.22. The highest BCUT2D eigenvalue weighted by Crippen LogP contribution is 2.26. The minimum atomic E-state index is 0.769. The Morgan fingerprint density at radius 2 is 1.91 bits per heavy atom. The molecule has 3 rings (SSSR count). The van der Waals surface area contributed by atoms with Crippen molar-refractivity contribution >= 4 is 17.1 Å². The molecule has 1 aromatic carbocycles. The zero-order chi connectivity index (χ0) is 15.5. The molecule has 0 bridgehead atoms. The van der Waals surface area contributed by atoms with E-state index in [1.54, 1.807) is 0 Å². The number of fused-ring (bicyclic) bond motifs is 1. The van der Waals surface area contributed by atoms with Crippen molar-refractivity contribution in [1.29, 1.82) is 0 Å². The number of oxazole rings is 1. The van der Waals surface area contributed by atoms with Crippen LogP contribution in [0.1, 0.15) is 24.0 Å². The maximum Gasteiger partial charge on any atom is 0.298 e. The van der Waals surface area contributed by atoms with Crippen LogP contribution in [0.5, 0.6) is 0 Å². The number of nitrogens with zero attached hydrogens (tertiary/aromatic N) is 3. The van der Waals surface area contributed by atoms with E-state index in [4.69, 9.17) is 10.2 Å². The van der Waals surface area contributed by atoms with Gasteiger partial charge in [0.1, 0.15) is 5.52 Å². The fourth-order valence-corrected chi connectivity index (χ4v) is 3.14. The summed E-state index contributed by atoms with van der Waals surface area (Å²) in [6.45, 7) is 10.2. The predicted molar refractivity (Wildman–Crippen MR) is 90.4 cm³/mol. The molecule has 1 saturated heterocycles. The Hall–Kier alpha value is -1.59. The summed E-state index contributed by atoms with van der Waals surface area (Å²) < 4.78 is 6.01. The largest absolute Gasteiger partial charge is 0.423 e. The highest BCUT2D eigenvalue weighted by atomic mass is 16.4. The van der Waals surface area contributed by atoms with Gasteiger partial charge in [0.2, 0.25) is 0 Å². The first-order chi connectivity index (χ1) is 10.7. The second kappa shape index (κ2) is 6.67. The number of aromatic nitrogens is 1. The number of rotatable bonds is 5. The highest BCUT2D eigenvalue weighted by molar-refractivity contribution is 5.78. The predicted octanol–water partition coefficient (Wildman–Crippen LogP) is 2.31. The molecule has 0 saturated carbocycles. The lowest BCUT2D eigenvalue weighted by Gasteiger charge is -2.33. The van der Waals surface area contributed by atoms with Crippen molar-refractivity contribution in [2.75, 3.05) is 44.2 Å². The number of piperazine rings is 1. The van der Waals surface area contributed by atoms with E-state index in [9.17, 15) is 0 Å². The van der Waals surface area contributed by atoms with Gasteiger partial charge in [-0.15, -0.1) is 0 Å². The number of unbranched alkanes of at least 4 members (excludes halogenated alkanes) is 1. The van der Waals surface area contributed by atoms with Crippen molar-refractivity contribution in [3.05, 3.63) is 23.3 Å². The molecule has 1 fully saturated rings. The molecule has 1 aliphatic heterocycles. The first-order valence-corrected chi connectivity index (χ1v) is 8.22. The average Bonchev–Trinajstić information content (AvgIpc) is 2.92. The molecule has 2 heterocycles. The fourth-order valence-electron chi connectivity index (χ4n) is 3.14. The van der Waals surface area contributed by atoms with Crippen LogP contribution in [0.15, 0.2) is 16.5 Å². The summed E-state index contributed by atoms with van der Waals surface area (Å²) in [5.41, 5.74) is 9.84. The van der Waals surface area contributed by atoms with Crippen molar-refractivity contribution in [3.63, 3.8) is 0 Å². The van der Waals surface area contributed by atoms with Crippen LogP contribution < -0.4 is 10.6 Å². The molecule has 0 spiro atoms. The van der Waals surface area contributed by atoms with Gasteiger partial charge in [-0.1, -0.05) is 6.07 Å². The molecule has 1 aromatic heterocycles. The van der Waals surface area contributed by atoms with Crippen molar-refractivity contribution in [3.8, 4) is 0 Å². The minimum Gasteiger partial charge on any atom is -0.423 e. The summed E-state index contributed by atoms with van der Waals surface area (Å²) in [6, 6.07) is 5.01. The van der Waals surface area contributed by atoms with Gasteiger partial charge in [-0.25, -0.2) is 0 Å². The Balaban J connectivity index is 1.65. The maximum absolute atomic E-state index is 6.01. The number of hydrogen-bond acceptors (Lipinski definition) is 5. The lowest BCUT2D eigenvalue weighted by molar-refractivity contribution is 0.249. The summed E-state index contributed by atoms with van der Waals surface area (Å²) in [6.07, 6.45) is 2.31. The number of aryl methyl sites for hydroxylation is 2. The molecule has 0 atom stereocenters. The average molecular weight is 302 g/mol. The van der Waals surface area contributed by atoms with Crippen LogP contribution in [0, 0.1) is 13.8 Å². The molecule has 0 aliphatic carbocycles. The Kier molecular flexibility index (Phi) is 4.64. The molecule has 5 heteroatoms. The number of hydrogen-bond donors (Lipinski definition) is 1. The normalized spacial score (nSPS) is 16.6. The first kappa shape index (κ1) is 15.3. The van der Waals surface area contributed by atoms with Crippen LogP contribution in [0.3, 0.4) is 0 Å². The van der Waals surface area contributed by atoms with Crippen LogP contribution in [-0.2, 0) is 0 Å². The standard InChI is InChI=1S/C17H26N4O/c1-13-11-14(2)16-15(12-13)19-17(22-16)21-9-7-20(8-10-21)6-4-3-5-18/h11-12H,3-10,18H2,1-2H3. The highest BCUT2D eigenvalue weighted by Gasteiger charge is 2.21. The zero-order valence-corrected chi connectivity index (χ0v) is 13.6. The third kappa shape index (κ3) is 3.25. The van der Waals surface area contributed by atoms with E-state index in [1.807, 2.05) is 0 Å². The van der Waals surface area contributed by atoms with Gasteiger partial charge in [0.25, 0.3) is 6.01 Å². The summed E-state index contributed by atoms with van der Waals surface area (Å²) in [5.74, 6) is 0. The van der Waals surface area contributed by atoms with Gasteiger partial charge < -0.3 is 15.1 Å². The molecule has 120 valence electrons. The molecule has 0 unspecified atom stereocenters. The van der Waals surface area contributed by atoms with Crippen LogP contribution in [0.4, 0.5) is 6.01 Å². The van der Waals surface area contributed by atoms with Crippen LogP contribution in [-0.4, -0.2) is 49.2 Å². The van der Waals surface area contributed by atoms with Crippen molar-refractivity contribution < 1.29 is 4.42 Å². The molecule has 5 nitrogen and oxygen atoms in total. The molecule has 0 radical (unpaired) electrons. The Bertz CT molecular complexity index is 629. The van der Waals surface area contributed by atoms with E-state index >= 15 is 0 Å². The molecule has 1 aliphatic rings.